The molecule has 17 heavy (non-hydrogen) atoms. The van der Waals surface area contributed by atoms with Crippen LogP contribution in [0.25, 0.3) is 6.08 Å². The fraction of sp³-hybridized carbons (Fsp3) is 0.643. The van der Waals surface area contributed by atoms with Gasteiger partial charge in [0.1, 0.15) is 6.26 Å². The summed E-state index contributed by atoms with van der Waals surface area (Å²) in [5, 5.41) is 4.10. The lowest BCUT2D eigenvalue weighted by atomic mass is 9.83. The fourth-order valence-electron chi connectivity index (χ4n) is 3.02. The second-order valence-corrected chi connectivity index (χ2v) is 5.24. The summed E-state index contributed by atoms with van der Waals surface area (Å²) in [4.78, 5) is 2.55. The van der Waals surface area contributed by atoms with Crippen molar-refractivity contribution < 1.29 is 4.52 Å². The van der Waals surface area contributed by atoms with Crippen LogP contribution < -0.4 is 0 Å². The van der Waals surface area contributed by atoms with Gasteiger partial charge in [-0.05, 0) is 44.3 Å². The third-order valence-corrected chi connectivity index (χ3v) is 4.02. The summed E-state index contributed by atoms with van der Waals surface area (Å²) in [6.07, 6.45) is 8.94. The van der Waals surface area contributed by atoms with Gasteiger partial charge in [-0.1, -0.05) is 24.1 Å². The molecular formula is C14H20N2O. The highest BCUT2D eigenvalue weighted by Crippen LogP contribution is 2.33. The standard InChI is InChI=1S/C14H20N2O/c1-2-3-14-13(10-17-15-14)8-12-9-16-6-4-11(12)5-7-16/h8,10-11H,2-7,9H2,1H3. The Morgan fingerprint density at radius 3 is 2.94 bits per heavy atom. The van der Waals surface area contributed by atoms with Crippen LogP contribution in [0.2, 0.25) is 0 Å². The zero-order valence-corrected chi connectivity index (χ0v) is 10.5. The Morgan fingerprint density at radius 2 is 2.29 bits per heavy atom. The van der Waals surface area contributed by atoms with E-state index in [1.807, 2.05) is 0 Å². The number of nitrogens with zero attached hydrogens (tertiary/aromatic N) is 2. The zero-order valence-electron chi connectivity index (χ0n) is 10.5. The van der Waals surface area contributed by atoms with Gasteiger partial charge in [-0.25, -0.2) is 0 Å². The van der Waals surface area contributed by atoms with Crippen molar-refractivity contribution in [1.82, 2.24) is 10.1 Å². The molecule has 1 aromatic rings. The fourth-order valence-corrected chi connectivity index (χ4v) is 3.02. The average molecular weight is 232 g/mol. The van der Waals surface area contributed by atoms with Gasteiger partial charge in [0.15, 0.2) is 0 Å². The molecule has 3 aliphatic heterocycles. The Morgan fingerprint density at radius 1 is 1.47 bits per heavy atom. The smallest absolute Gasteiger partial charge is 0.131 e. The predicted octanol–water partition coefficient (Wildman–Crippen LogP) is 2.74. The maximum atomic E-state index is 5.11. The van der Waals surface area contributed by atoms with Crippen LogP contribution in [0.1, 0.15) is 37.4 Å². The molecule has 0 N–H and O–H groups in total. The highest BCUT2D eigenvalue weighted by Gasteiger charge is 2.29. The Balaban J connectivity index is 1.82. The number of aromatic nitrogens is 1. The molecule has 0 atom stereocenters. The summed E-state index contributed by atoms with van der Waals surface area (Å²) in [5.74, 6) is 0.810. The number of rotatable bonds is 3. The van der Waals surface area contributed by atoms with Crippen LogP contribution in [-0.4, -0.2) is 29.7 Å². The van der Waals surface area contributed by atoms with Gasteiger partial charge in [0.25, 0.3) is 0 Å². The minimum atomic E-state index is 0.810. The van der Waals surface area contributed by atoms with Crippen molar-refractivity contribution in [3.8, 4) is 0 Å². The van der Waals surface area contributed by atoms with Gasteiger partial charge in [-0.3, -0.25) is 4.90 Å². The summed E-state index contributed by atoms with van der Waals surface area (Å²) in [6.45, 7) is 5.90. The number of hydrogen-bond acceptors (Lipinski definition) is 3. The topological polar surface area (TPSA) is 29.3 Å². The maximum absolute atomic E-state index is 5.11. The number of hydrogen-bond donors (Lipinski definition) is 0. The lowest BCUT2D eigenvalue weighted by molar-refractivity contribution is 0.163. The van der Waals surface area contributed by atoms with Crippen molar-refractivity contribution >= 4 is 6.08 Å². The van der Waals surface area contributed by atoms with E-state index in [0.717, 1.165) is 31.0 Å². The second kappa shape index (κ2) is 4.65. The van der Waals surface area contributed by atoms with Gasteiger partial charge >= 0.3 is 0 Å². The second-order valence-electron chi connectivity index (χ2n) is 5.24. The van der Waals surface area contributed by atoms with Crippen molar-refractivity contribution in [2.75, 3.05) is 19.6 Å². The minimum Gasteiger partial charge on any atom is -0.364 e. The predicted molar refractivity (Wildman–Crippen MR) is 67.6 cm³/mol. The van der Waals surface area contributed by atoms with E-state index in [0.29, 0.717) is 0 Å². The molecule has 0 spiro atoms. The van der Waals surface area contributed by atoms with Crippen molar-refractivity contribution in [2.45, 2.75) is 32.6 Å². The molecule has 0 aliphatic carbocycles. The first kappa shape index (κ1) is 11.0. The molecule has 92 valence electrons. The third kappa shape index (κ3) is 2.16. The molecule has 4 heterocycles. The lowest BCUT2D eigenvalue weighted by Crippen LogP contribution is -2.42. The van der Waals surface area contributed by atoms with E-state index < -0.39 is 0 Å². The van der Waals surface area contributed by atoms with Crippen LogP contribution in [0, 0.1) is 5.92 Å². The molecule has 1 aromatic heterocycles. The van der Waals surface area contributed by atoms with Gasteiger partial charge in [-0.15, -0.1) is 0 Å². The van der Waals surface area contributed by atoms with Crippen LogP contribution in [0.4, 0.5) is 0 Å². The van der Waals surface area contributed by atoms with Crippen LogP contribution >= 0.6 is 0 Å². The first-order valence-electron chi connectivity index (χ1n) is 6.73. The minimum absolute atomic E-state index is 0.810. The van der Waals surface area contributed by atoms with Gasteiger partial charge in [0.2, 0.25) is 0 Å². The van der Waals surface area contributed by atoms with E-state index in [-0.39, 0.29) is 0 Å². The summed E-state index contributed by atoms with van der Waals surface area (Å²) >= 11 is 0. The van der Waals surface area contributed by atoms with Crippen LogP contribution in [0.3, 0.4) is 0 Å². The zero-order chi connectivity index (χ0) is 11.7. The summed E-state index contributed by atoms with van der Waals surface area (Å²) in [6, 6.07) is 0. The Bertz CT molecular complexity index is 414. The van der Waals surface area contributed by atoms with Crippen molar-refractivity contribution in [3.63, 3.8) is 0 Å². The Labute approximate surface area is 102 Å². The van der Waals surface area contributed by atoms with Gasteiger partial charge in [-0.2, -0.15) is 0 Å². The van der Waals surface area contributed by atoms with Crippen LogP contribution in [0.5, 0.6) is 0 Å². The first-order chi connectivity index (χ1) is 8.36. The average Bonchev–Trinajstić information content (AvgIpc) is 2.79. The third-order valence-electron chi connectivity index (χ3n) is 4.02. The maximum Gasteiger partial charge on any atom is 0.131 e. The number of fused-ring (bicyclic) bond motifs is 3. The monoisotopic (exact) mass is 232 g/mol. The quantitative estimate of drug-likeness (QED) is 0.802. The summed E-state index contributed by atoms with van der Waals surface area (Å²) in [7, 11) is 0. The van der Waals surface area contributed by atoms with Gasteiger partial charge in [0, 0.05) is 12.1 Å². The highest BCUT2D eigenvalue weighted by molar-refractivity contribution is 5.55. The molecule has 3 fully saturated rings. The molecule has 3 aliphatic rings. The Kier molecular flexibility index (Phi) is 3.02. The molecule has 4 rings (SSSR count). The normalized spacial score (nSPS) is 30.1. The van der Waals surface area contributed by atoms with E-state index in [9.17, 15) is 0 Å². The largest absolute Gasteiger partial charge is 0.364 e. The molecule has 3 heteroatoms. The number of aryl methyl sites for hydroxylation is 1. The van der Waals surface area contributed by atoms with Gasteiger partial charge in [0.05, 0.1) is 5.69 Å². The van der Waals surface area contributed by atoms with Crippen LogP contribution in [-0.2, 0) is 6.42 Å². The van der Waals surface area contributed by atoms with Crippen LogP contribution in [0.15, 0.2) is 16.4 Å². The summed E-state index contributed by atoms with van der Waals surface area (Å²) < 4.78 is 5.11. The SMILES string of the molecule is CCCc1nocc1C=C1CN2CCC1CC2. The summed E-state index contributed by atoms with van der Waals surface area (Å²) in [5.41, 5.74) is 3.91. The molecule has 3 nitrogen and oxygen atoms in total. The molecule has 0 unspecified atom stereocenters. The molecule has 2 bridgehead atoms. The van der Waals surface area contributed by atoms with E-state index >= 15 is 0 Å². The van der Waals surface area contributed by atoms with Crippen molar-refractivity contribution in [3.05, 3.63) is 23.1 Å². The molecule has 3 saturated heterocycles. The Hall–Kier alpha value is -1.09. The van der Waals surface area contributed by atoms with E-state index in [1.165, 1.54) is 31.5 Å². The number of piperidine rings is 3. The van der Waals surface area contributed by atoms with E-state index in [1.54, 1.807) is 11.8 Å². The highest BCUT2D eigenvalue weighted by atomic mass is 16.5. The van der Waals surface area contributed by atoms with E-state index in [2.05, 4.69) is 23.1 Å². The molecule has 0 amide bonds. The lowest BCUT2D eigenvalue weighted by Gasteiger charge is -2.41. The van der Waals surface area contributed by atoms with E-state index in [4.69, 9.17) is 4.52 Å². The first-order valence-corrected chi connectivity index (χ1v) is 6.73. The molecular weight excluding hydrogens is 212 g/mol. The molecule has 0 saturated carbocycles. The molecule has 0 radical (unpaired) electrons. The van der Waals surface area contributed by atoms with Crippen molar-refractivity contribution in [1.29, 1.82) is 0 Å². The van der Waals surface area contributed by atoms with Gasteiger partial charge < -0.3 is 4.52 Å². The van der Waals surface area contributed by atoms with Crippen molar-refractivity contribution in [2.24, 2.45) is 5.92 Å². The molecule has 0 aromatic carbocycles.